The SMILES string of the molecule is Cc1noc(NC(=O)N2CCC(=Cc3cccc(OCCc4ccccc4)c3)C(C)C2)c1C. The molecule has 1 N–H and O–H groups in total. The number of ether oxygens (including phenoxy) is 1. The molecular formula is C27H31N3O3. The van der Waals surface area contributed by atoms with Crippen molar-refractivity contribution in [2.24, 2.45) is 5.92 Å². The van der Waals surface area contributed by atoms with Crippen LogP contribution >= 0.6 is 0 Å². The summed E-state index contributed by atoms with van der Waals surface area (Å²) < 4.78 is 11.2. The molecule has 1 unspecified atom stereocenters. The summed E-state index contributed by atoms with van der Waals surface area (Å²) in [6.45, 7) is 7.89. The van der Waals surface area contributed by atoms with Gasteiger partial charge in [-0.1, -0.05) is 66.2 Å². The third-order valence-electron chi connectivity index (χ3n) is 6.17. The number of likely N-dealkylation sites (tertiary alicyclic amines) is 1. The first-order valence-electron chi connectivity index (χ1n) is 11.5. The van der Waals surface area contributed by atoms with Crippen LogP contribution in [0.15, 0.2) is 64.7 Å². The largest absolute Gasteiger partial charge is 0.493 e. The van der Waals surface area contributed by atoms with Crippen molar-refractivity contribution in [3.63, 3.8) is 0 Å². The van der Waals surface area contributed by atoms with Gasteiger partial charge in [0.15, 0.2) is 0 Å². The summed E-state index contributed by atoms with van der Waals surface area (Å²) >= 11 is 0. The van der Waals surface area contributed by atoms with Crippen LogP contribution in [0.5, 0.6) is 5.75 Å². The topological polar surface area (TPSA) is 67.6 Å². The molecule has 172 valence electrons. The van der Waals surface area contributed by atoms with Gasteiger partial charge in [-0.05, 0) is 49.4 Å². The highest BCUT2D eigenvalue weighted by Gasteiger charge is 2.25. The molecule has 1 fully saturated rings. The molecule has 1 saturated heterocycles. The number of hydrogen-bond acceptors (Lipinski definition) is 4. The first-order valence-corrected chi connectivity index (χ1v) is 11.5. The lowest BCUT2D eigenvalue weighted by molar-refractivity contribution is 0.197. The van der Waals surface area contributed by atoms with E-state index in [2.05, 4.69) is 59.9 Å². The van der Waals surface area contributed by atoms with Crippen molar-refractivity contribution in [2.45, 2.75) is 33.6 Å². The summed E-state index contributed by atoms with van der Waals surface area (Å²) in [5, 5.41) is 6.75. The number of urea groups is 1. The minimum absolute atomic E-state index is 0.144. The summed E-state index contributed by atoms with van der Waals surface area (Å²) in [4.78, 5) is 14.5. The molecule has 33 heavy (non-hydrogen) atoms. The predicted octanol–water partition coefficient (Wildman–Crippen LogP) is 5.87. The highest BCUT2D eigenvalue weighted by Crippen LogP contribution is 2.27. The Labute approximate surface area is 195 Å². The van der Waals surface area contributed by atoms with Crippen LogP contribution in [-0.2, 0) is 6.42 Å². The smallest absolute Gasteiger partial charge is 0.324 e. The molecule has 2 aromatic carbocycles. The molecule has 4 rings (SSSR count). The Morgan fingerprint density at radius 3 is 2.76 bits per heavy atom. The second kappa shape index (κ2) is 10.4. The van der Waals surface area contributed by atoms with Crippen molar-refractivity contribution in [1.29, 1.82) is 0 Å². The number of rotatable bonds is 6. The Hall–Kier alpha value is -3.54. The first kappa shape index (κ1) is 22.6. The molecular weight excluding hydrogens is 414 g/mol. The van der Waals surface area contributed by atoms with E-state index in [9.17, 15) is 4.79 Å². The molecule has 1 aliphatic rings. The Kier molecular flexibility index (Phi) is 7.13. The maximum Gasteiger partial charge on any atom is 0.324 e. The fraction of sp³-hybridized carbons (Fsp3) is 0.333. The minimum atomic E-state index is -0.144. The van der Waals surface area contributed by atoms with Crippen LogP contribution in [0.4, 0.5) is 10.7 Å². The third kappa shape index (κ3) is 5.83. The minimum Gasteiger partial charge on any atom is -0.493 e. The molecule has 6 heteroatoms. The van der Waals surface area contributed by atoms with Gasteiger partial charge in [0.1, 0.15) is 5.75 Å². The molecule has 3 aromatic rings. The van der Waals surface area contributed by atoms with Gasteiger partial charge in [-0.2, -0.15) is 0 Å². The molecule has 0 bridgehead atoms. The Morgan fingerprint density at radius 2 is 2.03 bits per heavy atom. The highest BCUT2D eigenvalue weighted by molar-refractivity contribution is 5.88. The number of piperidine rings is 1. The van der Waals surface area contributed by atoms with Crippen LogP contribution in [0.2, 0.25) is 0 Å². The average Bonchev–Trinajstić information content (AvgIpc) is 3.13. The van der Waals surface area contributed by atoms with E-state index in [1.54, 1.807) is 0 Å². The van der Waals surface area contributed by atoms with Crippen LogP contribution in [-0.4, -0.2) is 35.8 Å². The predicted molar refractivity (Wildman–Crippen MR) is 130 cm³/mol. The second-order valence-corrected chi connectivity index (χ2v) is 8.63. The van der Waals surface area contributed by atoms with E-state index < -0.39 is 0 Å². The molecule has 6 nitrogen and oxygen atoms in total. The van der Waals surface area contributed by atoms with E-state index >= 15 is 0 Å². The zero-order valence-corrected chi connectivity index (χ0v) is 19.5. The van der Waals surface area contributed by atoms with E-state index in [4.69, 9.17) is 9.26 Å². The maximum atomic E-state index is 12.7. The second-order valence-electron chi connectivity index (χ2n) is 8.63. The number of hydrogen-bond donors (Lipinski definition) is 1. The number of anilines is 1. The molecule has 2 amide bonds. The van der Waals surface area contributed by atoms with Gasteiger partial charge in [0.05, 0.1) is 12.3 Å². The van der Waals surface area contributed by atoms with Gasteiger partial charge in [0, 0.05) is 25.1 Å². The van der Waals surface area contributed by atoms with Crippen LogP contribution < -0.4 is 10.1 Å². The summed E-state index contributed by atoms with van der Waals surface area (Å²) in [6, 6.07) is 18.4. The fourth-order valence-corrected chi connectivity index (χ4v) is 4.00. The van der Waals surface area contributed by atoms with Gasteiger partial charge < -0.3 is 14.2 Å². The highest BCUT2D eigenvalue weighted by atomic mass is 16.5. The van der Waals surface area contributed by atoms with Gasteiger partial charge in [-0.3, -0.25) is 5.32 Å². The lowest BCUT2D eigenvalue weighted by Gasteiger charge is -2.33. The monoisotopic (exact) mass is 445 g/mol. The fourth-order valence-electron chi connectivity index (χ4n) is 4.00. The van der Waals surface area contributed by atoms with Crippen molar-refractivity contribution in [1.82, 2.24) is 10.1 Å². The van der Waals surface area contributed by atoms with E-state index in [0.717, 1.165) is 35.4 Å². The molecule has 0 radical (unpaired) electrons. The Balaban J connectivity index is 1.32. The lowest BCUT2D eigenvalue weighted by atomic mass is 9.91. The van der Waals surface area contributed by atoms with Gasteiger partial charge >= 0.3 is 6.03 Å². The zero-order valence-electron chi connectivity index (χ0n) is 19.5. The van der Waals surface area contributed by atoms with Crippen LogP contribution in [0.3, 0.4) is 0 Å². The van der Waals surface area contributed by atoms with E-state index in [-0.39, 0.29) is 11.9 Å². The molecule has 2 heterocycles. The third-order valence-corrected chi connectivity index (χ3v) is 6.17. The summed E-state index contributed by atoms with van der Waals surface area (Å²) in [5.74, 6) is 1.57. The number of aromatic nitrogens is 1. The van der Waals surface area contributed by atoms with E-state index in [1.807, 2.05) is 36.9 Å². The zero-order chi connectivity index (χ0) is 23.2. The maximum absolute atomic E-state index is 12.7. The van der Waals surface area contributed by atoms with Gasteiger partial charge in [0.25, 0.3) is 0 Å². The van der Waals surface area contributed by atoms with Gasteiger partial charge in [-0.15, -0.1) is 0 Å². The lowest BCUT2D eigenvalue weighted by Crippen LogP contribution is -2.42. The van der Waals surface area contributed by atoms with Gasteiger partial charge in [-0.25, -0.2) is 4.79 Å². The van der Waals surface area contributed by atoms with Crippen molar-refractivity contribution in [3.05, 3.63) is 82.6 Å². The summed E-state index contributed by atoms with van der Waals surface area (Å²) in [6.07, 6.45) is 3.95. The number of benzene rings is 2. The average molecular weight is 446 g/mol. The van der Waals surface area contributed by atoms with Crippen LogP contribution in [0.25, 0.3) is 6.08 Å². The number of carbonyl (C=O) groups excluding carboxylic acids is 1. The van der Waals surface area contributed by atoms with E-state index in [1.165, 1.54) is 11.1 Å². The molecule has 1 aromatic heterocycles. The summed E-state index contributed by atoms with van der Waals surface area (Å²) in [5.41, 5.74) is 5.38. The van der Waals surface area contributed by atoms with Crippen molar-refractivity contribution < 1.29 is 14.1 Å². The number of carbonyl (C=O) groups is 1. The number of amides is 2. The van der Waals surface area contributed by atoms with Crippen molar-refractivity contribution >= 4 is 18.0 Å². The molecule has 0 saturated carbocycles. The van der Waals surface area contributed by atoms with Crippen LogP contribution in [0.1, 0.15) is 35.7 Å². The first-order chi connectivity index (χ1) is 16.0. The van der Waals surface area contributed by atoms with Crippen molar-refractivity contribution in [2.75, 3.05) is 25.0 Å². The molecule has 1 atom stereocenters. The number of aryl methyl sites for hydroxylation is 1. The molecule has 0 aliphatic carbocycles. The molecule has 0 spiro atoms. The Bertz CT molecular complexity index is 1120. The van der Waals surface area contributed by atoms with Crippen LogP contribution in [0, 0.1) is 19.8 Å². The summed E-state index contributed by atoms with van der Waals surface area (Å²) in [7, 11) is 0. The Morgan fingerprint density at radius 1 is 1.21 bits per heavy atom. The van der Waals surface area contributed by atoms with Gasteiger partial charge in [0.2, 0.25) is 5.88 Å². The quantitative estimate of drug-likeness (QED) is 0.515. The standard InChI is InChI=1S/C27H31N3O3/c1-19-18-30(27(31)28-26-20(2)21(3)29-33-26)14-12-24(19)16-23-10-7-11-25(17-23)32-15-13-22-8-5-4-6-9-22/h4-11,16-17,19H,12-15,18H2,1-3H3,(H,28,31). The van der Waals surface area contributed by atoms with E-state index in [0.29, 0.717) is 25.6 Å². The number of nitrogens with one attached hydrogen (secondary N) is 1. The normalized spacial score (nSPS) is 17.2. The van der Waals surface area contributed by atoms with Crippen molar-refractivity contribution in [3.8, 4) is 5.75 Å². The number of nitrogens with zero attached hydrogens (tertiary/aromatic N) is 2. The molecule has 1 aliphatic heterocycles.